The van der Waals surface area contributed by atoms with Crippen LogP contribution in [0.15, 0.2) is 0 Å². The largest absolute Gasteiger partial charge is 2.00 e. The number of nitrogens with one attached hydrogen (secondary N) is 8. The molecule has 8 N–H and O–H groups in total. The minimum absolute atomic E-state index is 0. The van der Waals surface area contributed by atoms with Gasteiger partial charge in [0, 0.05) is 21.7 Å². The fraction of sp³-hybridized carbons (Fsp3) is 1.00. The maximum atomic E-state index is 4.26. The molecule has 232 valence electrons. The van der Waals surface area contributed by atoms with E-state index >= 15 is 0 Å². The Kier molecular flexibility index (Phi) is 10.1. The third kappa shape index (κ3) is 5.57. The van der Waals surface area contributed by atoms with E-state index in [2.05, 4.69) is 42.5 Å². The van der Waals surface area contributed by atoms with E-state index in [1.807, 2.05) is 0 Å². The van der Waals surface area contributed by atoms with E-state index in [4.69, 9.17) is 0 Å². The molecule has 5 heterocycles. The second kappa shape index (κ2) is 13.3. The van der Waals surface area contributed by atoms with Gasteiger partial charge in [0.1, 0.15) is 0 Å². The van der Waals surface area contributed by atoms with Crippen molar-refractivity contribution in [2.75, 3.05) is 0 Å². The van der Waals surface area contributed by atoms with Gasteiger partial charge in [0.15, 0.2) is 0 Å². The summed E-state index contributed by atoms with van der Waals surface area (Å²) >= 11 is 0. The Morgan fingerprint density at radius 2 is 0.381 bits per heavy atom. The SMILES string of the molecule is C1CCC2C3NC(NC4NC(NC5NC(NC6NC(N3)C3CCCCC63)C3CCCCC53)C3CCCCC43)C2C1.[H-].[H-].[Mg+2].[Ti]. The zero-order chi connectivity index (χ0) is 26.2. The molecule has 5 aliphatic heterocycles. The molecule has 5 saturated heterocycles. The molecule has 0 radical (unpaired) electrons. The first-order valence-corrected chi connectivity index (χ1v) is 17.9. The van der Waals surface area contributed by atoms with Gasteiger partial charge in [0.2, 0.25) is 0 Å². The zero-order valence-corrected chi connectivity index (χ0v) is 28.7. The van der Waals surface area contributed by atoms with Crippen LogP contribution in [0.1, 0.15) is 106 Å². The van der Waals surface area contributed by atoms with Crippen LogP contribution < -0.4 is 42.5 Å². The van der Waals surface area contributed by atoms with Gasteiger partial charge in [0.25, 0.3) is 0 Å². The van der Waals surface area contributed by atoms with Crippen LogP contribution in [0, 0.1) is 47.3 Å². The predicted molar refractivity (Wildman–Crippen MR) is 165 cm³/mol. The van der Waals surface area contributed by atoms with E-state index < -0.39 is 0 Å². The summed E-state index contributed by atoms with van der Waals surface area (Å²) in [5.74, 6) is 5.97. The summed E-state index contributed by atoms with van der Waals surface area (Å²) < 4.78 is 0. The summed E-state index contributed by atoms with van der Waals surface area (Å²) in [5, 5.41) is 33.8. The smallest absolute Gasteiger partial charge is 1.00 e. The van der Waals surface area contributed by atoms with Gasteiger partial charge >= 0.3 is 23.1 Å². The molecule has 8 unspecified atom stereocenters. The maximum absolute atomic E-state index is 4.26. The van der Waals surface area contributed by atoms with E-state index in [1.54, 1.807) is 0 Å². The first-order chi connectivity index (χ1) is 19.8. The van der Waals surface area contributed by atoms with E-state index in [-0.39, 0.29) is 47.6 Å². The molecule has 0 aromatic heterocycles. The van der Waals surface area contributed by atoms with Gasteiger partial charge in [-0.15, -0.1) is 0 Å². The molecule has 9 aliphatic rings. The van der Waals surface area contributed by atoms with Crippen LogP contribution in [0.2, 0.25) is 0 Å². The zero-order valence-electron chi connectivity index (χ0n) is 27.8. The summed E-state index contributed by atoms with van der Waals surface area (Å²) in [7, 11) is 0. The molecular formula is C32H58MgN8Ti. The molecule has 42 heavy (non-hydrogen) atoms. The monoisotopic (exact) mass is 626 g/mol. The van der Waals surface area contributed by atoms with Gasteiger partial charge in [-0.05, 0) is 98.7 Å². The van der Waals surface area contributed by atoms with E-state index in [9.17, 15) is 0 Å². The van der Waals surface area contributed by atoms with Crippen LogP contribution in [0.5, 0.6) is 0 Å². The first-order valence-electron chi connectivity index (χ1n) is 17.9. The Balaban J connectivity index is 0.000000960. The van der Waals surface area contributed by atoms with Crippen molar-refractivity contribution >= 4 is 23.1 Å². The molecule has 10 heteroatoms. The third-order valence-corrected chi connectivity index (χ3v) is 13.8. The molecule has 0 spiro atoms. The third-order valence-electron chi connectivity index (χ3n) is 13.8. The molecule has 8 bridgehead atoms. The molecule has 9 fully saturated rings. The fourth-order valence-corrected chi connectivity index (χ4v) is 12.0. The van der Waals surface area contributed by atoms with Crippen molar-refractivity contribution < 1.29 is 24.6 Å². The van der Waals surface area contributed by atoms with E-state index in [0.29, 0.717) is 49.3 Å². The van der Waals surface area contributed by atoms with Crippen molar-refractivity contribution in [1.29, 1.82) is 0 Å². The Hall–Kier alpha value is 1.16. The molecule has 8 atom stereocenters. The van der Waals surface area contributed by atoms with Gasteiger partial charge in [-0.2, -0.15) is 0 Å². The van der Waals surface area contributed by atoms with E-state index in [0.717, 1.165) is 47.3 Å². The Bertz CT molecular complexity index is 735. The number of fused-ring (bicyclic) bond motifs is 20. The molecule has 0 aromatic rings. The number of hydrogen-bond acceptors (Lipinski definition) is 8. The fourth-order valence-electron chi connectivity index (χ4n) is 12.0. The van der Waals surface area contributed by atoms with Crippen molar-refractivity contribution in [2.24, 2.45) is 47.3 Å². The molecule has 9 rings (SSSR count). The van der Waals surface area contributed by atoms with Crippen LogP contribution in [-0.2, 0) is 21.7 Å². The molecule has 0 amide bonds. The average molecular weight is 627 g/mol. The van der Waals surface area contributed by atoms with Gasteiger partial charge in [-0.3, -0.25) is 42.5 Å². The van der Waals surface area contributed by atoms with Crippen LogP contribution in [0.3, 0.4) is 0 Å². The average Bonchev–Trinajstić information content (AvgIpc) is 3.73. The van der Waals surface area contributed by atoms with Crippen molar-refractivity contribution in [2.45, 2.75) is 152 Å². The standard InChI is InChI=1S/C32H56N8.Mg.Ti.2H/c1-2-10-18-17(9-1)25-33-26(18)38-28-21-13-5-6-14-22(21)30(35-28)40-32-24-16-8-7-15-23(24)31(36-32)39-29-20-12-4-3-11-19(20)27(34-29)37-25;;;;/h17-40H,1-16H2;;;;/q;+2;;2*-1. The Morgan fingerprint density at radius 3 is 0.500 bits per heavy atom. The first kappa shape index (κ1) is 31.7. The molecular weight excluding hydrogens is 569 g/mol. The van der Waals surface area contributed by atoms with Gasteiger partial charge < -0.3 is 2.85 Å². The van der Waals surface area contributed by atoms with Crippen molar-refractivity contribution in [3.05, 3.63) is 0 Å². The minimum Gasteiger partial charge on any atom is -1.00 e. The second-order valence-corrected chi connectivity index (χ2v) is 15.6. The second-order valence-electron chi connectivity index (χ2n) is 15.6. The van der Waals surface area contributed by atoms with Crippen LogP contribution in [-0.4, -0.2) is 72.4 Å². The van der Waals surface area contributed by atoms with Crippen LogP contribution >= 0.6 is 0 Å². The Labute approximate surface area is 288 Å². The number of rotatable bonds is 0. The summed E-state index contributed by atoms with van der Waals surface area (Å²) in [6, 6.07) is 0. The maximum Gasteiger partial charge on any atom is 2.00 e. The van der Waals surface area contributed by atoms with Crippen LogP contribution in [0.4, 0.5) is 0 Å². The van der Waals surface area contributed by atoms with Gasteiger partial charge in [-0.1, -0.05) is 51.4 Å². The van der Waals surface area contributed by atoms with Gasteiger partial charge in [-0.25, -0.2) is 0 Å². The summed E-state index contributed by atoms with van der Waals surface area (Å²) in [4.78, 5) is 0. The number of hydrogen-bond donors (Lipinski definition) is 8. The quantitative estimate of drug-likeness (QED) is 0.195. The van der Waals surface area contributed by atoms with Crippen molar-refractivity contribution in [3.63, 3.8) is 0 Å². The van der Waals surface area contributed by atoms with Crippen LogP contribution in [0.25, 0.3) is 0 Å². The Morgan fingerprint density at radius 1 is 0.262 bits per heavy atom. The molecule has 8 nitrogen and oxygen atoms in total. The molecule has 4 aliphatic carbocycles. The topological polar surface area (TPSA) is 96.2 Å². The van der Waals surface area contributed by atoms with E-state index in [1.165, 1.54) is 103 Å². The van der Waals surface area contributed by atoms with Gasteiger partial charge in [0.05, 0.1) is 49.3 Å². The van der Waals surface area contributed by atoms with Crippen molar-refractivity contribution in [3.8, 4) is 0 Å². The summed E-state index contributed by atoms with van der Waals surface area (Å²) in [5.41, 5.74) is 0. The minimum atomic E-state index is 0. The summed E-state index contributed by atoms with van der Waals surface area (Å²) in [6.45, 7) is 0. The molecule has 0 aromatic carbocycles. The van der Waals surface area contributed by atoms with Crippen molar-refractivity contribution in [1.82, 2.24) is 42.5 Å². The summed E-state index contributed by atoms with van der Waals surface area (Å²) in [6.07, 6.45) is 25.6. The molecule has 4 saturated carbocycles. The predicted octanol–water partition coefficient (Wildman–Crippen LogP) is 2.45. The normalized spacial score (nSPS) is 54.9.